The lowest BCUT2D eigenvalue weighted by Gasteiger charge is -2.41. The summed E-state index contributed by atoms with van der Waals surface area (Å²) in [6.07, 6.45) is 2.87. The molecule has 0 radical (unpaired) electrons. The Hall–Kier alpha value is -1.59. The summed E-state index contributed by atoms with van der Waals surface area (Å²) in [5, 5.41) is 19.6. The molecule has 4 nitrogen and oxygen atoms in total. The molecule has 1 aliphatic rings. The minimum Gasteiger partial charge on any atom is -0.491 e. The second-order valence-corrected chi connectivity index (χ2v) is 7.89. The van der Waals surface area contributed by atoms with Crippen molar-refractivity contribution in [2.24, 2.45) is 5.41 Å². The van der Waals surface area contributed by atoms with Gasteiger partial charge in [-0.1, -0.05) is 35.9 Å². The molecule has 0 saturated carbocycles. The molecule has 0 spiro atoms. The average Bonchev–Trinajstić information content (AvgIpc) is 2.71. The van der Waals surface area contributed by atoms with Crippen molar-refractivity contribution in [2.75, 3.05) is 32.9 Å². The van der Waals surface area contributed by atoms with E-state index in [1.54, 1.807) is 0 Å². The Morgan fingerprint density at radius 1 is 0.926 bits per heavy atom. The maximum atomic E-state index is 10.1. The lowest BCUT2D eigenvalue weighted by atomic mass is 9.74. The van der Waals surface area contributed by atoms with Crippen molar-refractivity contribution in [1.82, 2.24) is 4.90 Å². The van der Waals surface area contributed by atoms with E-state index in [1.165, 1.54) is 11.1 Å². The Kier molecular flexibility index (Phi) is 7.13. The van der Waals surface area contributed by atoms with E-state index in [-0.39, 0.29) is 18.6 Å². The van der Waals surface area contributed by atoms with Crippen LogP contribution in [0.1, 0.15) is 24.0 Å². The van der Waals surface area contributed by atoms with Gasteiger partial charge in [-0.25, -0.2) is 0 Å². The minimum atomic E-state index is -0.0354. The predicted octanol–water partition coefficient (Wildman–Crippen LogP) is 3.53. The van der Waals surface area contributed by atoms with Crippen LogP contribution >= 0.6 is 11.6 Å². The molecule has 0 aromatic heterocycles. The molecule has 2 aromatic carbocycles. The highest BCUT2D eigenvalue weighted by atomic mass is 35.5. The second kappa shape index (κ2) is 9.56. The van der Waals surface area contributed by atoms with Gasteiger partial charge in [0, 0.05) is 18.2 Å². The number of aliphatic hydroxyl groups excluding tert-OH is 2. The molecule has 0 unspecified atom stereocenters. The third-order valence-corrected chi connectivity index (χ3v) is 5.69. The van der Waals surface area contributed by atoms with Crippen molar-refractivity contribution in [3.05, 3.63) is 64.7 Å². The molecular weight excluding hydrogens is 362 g/mol. The minimum absolute atomic E-state index is 0.0259. The summed E-state index contributed by atoms with van der Waals surface area (Å²) in [5.41, 5.74) is 2.45. The normalized spacial score (nSPS) is 17.0. The average molecular weight is 390 g/mol. The Balaban J connectivity index is 1.53. The zero-order chi connectivity index (χ0) is 19.1. The fourth-order valence-electron chi connectivity index (χ4n) is 3.72. The number of aliphatic hydroxyl groups is 2. The first-order chi connectivity index (χ1) is 13.1. The van der Waals surface area contributed by atoms with E-state index in [2.05, 4.69) is 29.2 Å². The van der Waals surface area contributed by atoms with Crippen molar-refractivity contribution in [1.29, 1.82) is 0 Å². The summed E-state index contributed by atoms with van der Waals surface area (Å²) < 4.78 is 5.41. The Morgan fingerprint density at radius 2 is 1.56 bits per heavy atom. The van der Waals surface area contributed by atoms with Crippen LogP contribution in [0.4, 0.5) is 0 Å². The number of likely N-dealkylation sites (tertiary alicyclic amines) is 1. The summed E-state index contributed by atoms with van der Waals surface area (Å²) >= 11 is 5.98. The second-order valence-electron chi connectivity index (χ2n) is 7.45. The number of hydrogen-bond acceptors (Lipinski definition) is 4. The number of hydrogen-bond donors (Lipinski definition) is 2. The van der Waals surface area contributed by atoms with Gasteiger partial charge in [-0.15, -0.1) is 0 Å². The molecule has 0 bridgehead atoms. The number of halogens is 1. The van der Waals surface area contributed by atoms with E-state index in [9.17, 15) is 5.11 Å². The summed E-state index contributed by atoms with van der Waals surface area (Å²) in [4.78, 5) is 2.44. The molecular formula is C22H28ClNO3. The van der Waals surface area contributed by atoms with Gasteiger partial charge >= 0.3 is 0 Å². The van der Waals surface area contributed by atoms with Gasteiger partial charge in [0.25, 0.3) is 0 Å². The van der Waals surface area contributed by atoms with E-state index < -0.39 is 0 Å². The van der Waals surface area contributed by atoms with Crippen LogP contribution in [0.3, 0.4) is 0 Å². The molecule has 27 heavy (non-hydrogen) atoms. The summed E-state index contributed by atoms with van der Waals surface area (Å²) in [6, 6.07) is 16.0. The van der Waals surface area contributed by atoms with Crippen molar-refractivity contribution >= 4 is 11.6 Å². The first-order valence-corrected chi connectivity index (χ1v) is 9.90. The van der Waals surface area contributed by atoms with Gasteiger partial charge in [-0.2, -0.15) is 0 Å². The predicted molar refractivity (Wildman–Crippen MR) is 108 cm³/mol. The third-order valence-electron chi connectivity index (χ3n) is 5.43. The van der Waals surface area contributed by atoms with Crippen LogP contribution in [0.2, 0.25) is 5.02 Å². The van der Waals surface area contributed by atoms with E-state index >= 15 is 0 Å². The quantitative estimate of drug-likeness (QED) is 0.725. The third kappa shape index (κ3) is 5.69. The lowest BCUT2D eigenvalue weighted by Crippen LogP contribution is -2.42. The van der Waals surface area contributed by atoms with Gasteiger partial charge in [0.15, 0.2) is 0 Å². The summed E-state index contributed by atoms with van der Waals surface area (Å²) in [7, 11) is 0. The Morgan fingerprint density at radius 3 is 2.15 bits per heavy atom. The monoisotopic (exact) mass is 389 g/mol. The fraction of sp³-hybridized carbons (Fsp3) is 0.455. The number of rotatable bonds is 8. The molecule has 5 heteroatoms. The lowest BCUT2D eigenvalue weighted by molar-refractivity contribution is 0.0413. The zero-order valence-corrected chi connectivity index (χ0v) is 16.4. The molecule has 1 fully saturated rings. The van der Waals surface area contributed by atoms with Gasteiger partial charge in [0.2, 0.25) is 0 Å². The van der Waals surface area contributed by atoms with E-state index in [1.807, 2.05) is 24.3 Å². The molecule has 0 amide bonds. The SMILES string of the molecule is OCCOc1ccc(CN2CCC(CO)(Cc3ccc(Cl)cc3)CC2)cc1. The Bertz CT molecular complexity index is 695. The van der Waals surface area contributed by atoms with Gasteiger partial charge in [-0.3, -0.25) is 4.90 Å². The molecule has 1 aliphatic heterocycles. The molecule has 2 N–H and O–H groups in total. The van der Waals surface area contributed by atoms with Gasteiger partial charge in [0.05, 0.1) is 6.61 Å². The first kappa shape index (κ1) is 20.2. The first-order valence-electron chi connectivity index (χ1n) is 9.53. The van der Waals surface area contributed by atoms with Gasteiger partial charge in [-0.05, 0) is 73.2 Å². The van der Waals surface area contributed by atoms with Crippen molar-refractivity contribution in [3.63, 3.8) is 0 Å². The highest BCUT2D eigenvalue weighted by molar-refractivity contribution is 6.30. The molecule has 1 heterocycles. The molecule has 3 rings (SSSR count). The standard InChI is InChI=1S/C22H28ClNO3/c23-20-5-1-18(2-6-20)15-22(17-26)9-11-24(12-10-22)16-19-3-7-21(8-4-19)27-14-13-25/h1-8,25-26H,9-17H2. The fourth-order valence-corrected chi connectivity index (χ4v) is 3.85. The smallest absolute Gasteiger partial charge is 0.119 e. The van der Waals surface area contributed by atoms with Crippen LogP contribution in [-0.4, -0.2) is 48.0 Å². The van der Waals surface area contributed by atoms with Crippen molar-refractivity contribution < 1.29 is 14.9 Å². The maximum Gasteiger partial charge on any atom is 0.119 e. The molecule has 2 aromatic rings. The molecule has 0 aliphatic carbocycles. The molecule has 1 saturated heterocycles. The van der Waals surface area contributed by atoms with Crippen LogP contribution in [0.25, 0.3) is 0 Å². The van der Waals surface area contributed by atoms with Gasteiger partial charge in [0.1, 0.15) is 12.4 Å². The summed E-state index contributed by atoms with van der Waals surface area (Å²) in [5.74, 6) is 0.786. The van der Waals surface area contributed by atoms with Crippen LogP contribution in [0.15, 0.2) is 48.5 Å². The highest BCUT2D eigenvalue weighted by Crippen LogP contribution is 2.35. The van der Waals surface area contributed by atoms with Crippen molar-refractivity contribution in [3.8, 4) is 5.75 Å². The molecule has 146 valence electrons. The van der Waals surface area contributed by atoms with E-state index in [0.717, 1.165) is 49.7 Å². The van der Waals surface area contributed by atoms with Crippen LogP contribution in [0.5, 0.6) is 5.75 Å². The van der Waals surface area contributed by atoms with Crippen LogP contribution < -0.4 is 4.74 Å². The summed E-state index contributed by atoms with van der Waals surface area (Å²) in [6.45, 7) is 3.44. The van der Waals surface area contributed by atoms with Crippen LogP contribution in [0, 0.1) is 5.41 Å². The number of ether oxygens (including phenoxy) is 1. The van der Waals surface area contributed by atoms with Crippen LogP contribution in [-0.2, 0) is 13.0 Å². The zero-order valence-electron chi connectivity index (χ0n) is 15.6. The Labute approximate surface area is 166 Å². The van der Waals surface area contributed by atoms with Gasteiger partial charge < -0.3 is 14.9 Å². The van der Waals surface area contributed by atoms with E-state index in [0.29, 0.717) is 6.61 Å². The number of piperidine rings is 1. The largest absolute Gasteiger partial charge is 0.491 e. The molecule has 0 atom stereocenters. The number of nitrogens with zero attached hydrogens (tertiary/aromatic N) is 1. The topological polar surface area (TPSA) is 52.9 Å². The number of benzene rings is 2. The van der Waals surface area contributed by atoms with E-state index in [4.69, 9.17) is 21.4 Å². The maximum absolute atomic E-state index is 10.1. The highest BCUT2D eigenvalue weighted by Gasteiger charge is 2.34. The van der Waals surface area contributed by atoms with Crippen molar-refractivity contribution in [2.45, 2.75) is 25.8 Å².